The monoisotopic (exact) mass is 319 g/mol. The smallest absolute Gasteiger partial charge is 0.290 e. The first-order valence-corrected chi connectivity index (χ1v) is 8.37. The number of aryl methyl sites for hydroxylation is 1. The number of aliphatic imine (C=N–C) groups is 1. The Kier molecular flexibility index (Phi) is 4.54. The lowest BCUT2D eigenvalue weighted by Crippen LogP contribution is -2.43. The Labute approximate surface area is 134 Å². The SMILES string of the molecule is CN=C(Nc1ncnc2c(C)csc12)OC1CNCCC1C. The zero-order valence-electron chi connectivity index (χ0n) is 13.1. The van der Waals surface area contributed by atoms with Gasteiger partial charge in [0.25, 0.3) is 6.02 Å². The summed E-state index contributed by atoms with van der Waals surface area (Å²) < 4.78 is 7.06. The fourth-order valence-electron chi connectivity index (χ4n) is 2.56. The summed E-state index contributed by atoms with van der Waals surface area (Å²) in [5, 5.41) is 8.66. The van der Waals surface area contributed by atoms with Crippen molar-refractivity contribution in [3.05, 3.63) is 17.3 Å². The van der Waals surface area contributed by atoms with Crippen LogP contribution in [-0.4, -0.2) is 42.2 Å². The van der Waals surface area contributed by atoms with E-state index in [-0.39, 0.29) is 6.10 Å². The van der Waals surface area contributed by atoms with Crippen LogP contribution in [0.1, 0.15) is 18.9 Å². The van der Waals surface area contributed by atoms with Crippen LogP contribution in [0, 0.1) is 12.8 Å². The maximum Gasteiger partial charge on any atom is 0.290 e. The highest BCUT2D eigenvalue weighted by Gasteiger charge is 2.24. The Hall–Kier alpha value is -1.73. The third-order valence-electron chi connectivity index (χ3n) is 3.98. The number of rotatable bonds is 2. The van der Waals surface area contributed by atoms with E-state index in [1.54, 1.807) is 24.7 Å². The number of amidine groups is 1. The van der Waals surface area contributed by atoms with Crippen LogP contribution < -0.4 is 10.6 Å². The van der Waals surface area contributed by atoms with Gasteiger partial charge in [-0.3, -0.25) is 5.32 Å². The molecule has 0 spiro atoms. The van der Waals surface area contributed by atoms with Crippen molar-refractivity contribution in [2.24, 2.45) is 10.9 Å². The normalized spacial score (nSPS) is 22.8. The summed E-state index contributed by atoms with van der Waals surface area (Å²) >= 11 is 1.63. The number of ether oxygens (including phenoxy) is 1. The van der Waals surface area contributed by atoms with Crippen molar-refractivity contribution in [3.8, 4) is 0 Å². The average Bonchev–Trinajstić information content (AvgIpc) is 2.91. The number of hydrogen-bond acceptors (Lipinski definition) is 6. The lowest BCUT2D eigenvalue weighted by molar-refractivity contribution is 0.103. The molecule has 1 fully saturated rings. The Balaban J connectivity index is 1.77. The van der Waals surface area contributed by atoms with Crippen LogP contribution in [0.25, 0.3) is 10.2 Å². The molecule has 2 aromatic rings. The first-order chi connectivity index (χ1) is 10.7. The summed E-state index contributed by atoms with van der Waals surface area (Å²) in [5.41, 5.74) is 2.14. The molecule has 0 amide bonds. The fourth-order valence-corrected chi connectivity index (χ4v) is 3.51. The summed E-state index contributed by atoms with van der Waals surface area (Å²) in [6.45, 7) is 6.16. The highest BCUT2D eigenvalue weighted by Crippen LogP contribution is 2.28. The zero-order valence-corrected chi connectivity index (χ0v) is 13.9. The van der Waals surface area contributed by atoms with Gasteiger partial charge in [-0.05, 0) is 36.8 Å². The Morgan fingerprint density at radius 2 is 2.36 bits per heavy atom. The van der Waals surface area contributed by atoms with Gasteiger partial charge in [-0.1, -0.05) is 6.92 Å². The van der Waals surface area contributed by atoms with Crippen LogP contribution in [0.2, 0.25) is 0 Å². The van der Waals surface area contributed by atoms with Crippen molar-refractivity contribution in [2.45, 2.75) is 26.4 Å². The Morgan fingerprint density at radius 3 is 3.14 bits per heavy atom. The van der Waals surface area contributed by atoms with Gasteiger partial charge in [0, 0.05) is 13.6 Å². The highest BCUT2D eigenvalue weighted by molar-refractivity contribution is 7.18. The lowest BCUT2D eigenvalue weighted by atomic mass is 9.97. The molecule has 0 bridgehead atoms. The van der Waals surface area contributed by atoms with Crippen LogP contribution in [0.4, 0.5) is 5.82 Å². The zero-order chi connectivity index (χ0) is 15.5. The van der Waals surface area contributed by atoms with Gasteiger partial charge in [0.05, 0.1) is 10.2 Å². The molecular weight excluding hydrogens is 298 g/mol. The number of nitrogens with one attached hydrogen (secondary N) is 2. The van der Waals surface area contributed by atoms with Gasteiger partial charge in [0.2, 0.25) is 0 Å². The second-order valence-electron chi connectivity index (χ2n) is 5.60. The topological polar surface area (TPSA) is 71.4 Å². The Morgan fingerprint density at radius 1 is 1.50 bits per heavy atom. The van der Waals surface area contributed by atoms with Gasteiger partial charge in [-0.2, -0.15) is 0 Å². The maximum absolute atomic E-state index is 6.03. The van der Waals surface area contributed by atoms with E-state index < -0.39 is 0 Å². The third-order valence-corrected chi connectivity index (χ3v) is 5.07. The molecule has 118 valence electrons. The van der Waals surface area contributed by atoms with Crippen LogP contribution in [0.15, 0.2) is 16.7 Å². The summed E-state index contributed by atoms with van der Waals surface area (Å²) in [5.74, 6) is 1.26. The van der Waals surface area contributed by atoms with Crippen LogP contribution >= 0.6 is 11.3 Å². The van der Waals surface area contributed by atoms with Gasteiger partial charge in [0.15, 0.2) is 5.82 Å². The van der Waals surface area contributed by atoms with Crippen molar-refractivity contribution in [1.29, 1.82) is 0 Å². The van der Waals surface area contributed by atoms with Crippen molar-refractivity contribution >= 4 is 33.4 Å². The van der Waals surface area contributed by atoms with E-state index in [2.05, 4.69) is 44.8 Å². The van der Waals surface area contributed by atoms with Crippen molar-refractivity contribution in [2.75, 3.05) is 25.5 Å². The number of anilines is 1. The molecule has 1 saturated heterocycles. The number of piperidine rings is 1. The molecule has 2 N–H and O–H groups in total. The minimum atomic E-state index is 0.127. The highest BCUT2D eigenvalue weighted by atomic mass is 32.1. The molecule has 0 aromatic carbocycles. The number of nitrogens with zero attached hydrogens (tertiary/aromatic N) is 3. The van der Waals surface area contributed by atoms with E-state index in [0.717, 1.165) is 41.1 Å². The minimum absolute atomic E-state index is 0.127. The fraction of sp³-hybridized carbons (Fsp3) is 0.533. The van der Waals surface area contributed by atoms with Crippen molar-refractivity contribution < 1.29 is 4.74 Å². The van der Waals surface area contributed by atoms with Crippen LogP contribution in [0.3, 0.4) is 0 Å². The van der Waals surface area contributed by atoms with E-state index in [9.17, 15) is 0 Å². The lowest BCUT2D eigenvalue weighted by Gasteiger charge is -2.30. The number of thiophene rings is 1. The molecule has 3 heterocycles. The molecule has 2 aromatic heterocycles. The molecule has 3 rings (SSSR count). The summed E-state index contributed by atoms with van der Waals surface area (Å²) in [6.07, 6.45) is 2.81. The van der Waals surface area contributed by atoms with Crippen molar-refractivity contribution in [3.63, 3.8) is 0 Å². The summed E-state index contributed by atoms with van der Waals surface area (Å²) in [7, 11) is 1.72. The molecule has 7 heteroatoms. The minimum Gasteiger partial charge on any atom is -0.460 e. The van der Waals surface area contributed by atoms with E-state index >= 15 is 0 Å². The van der Waals surface area contributed by atoms with Crippen molar-refractivity contribution in [1.82, 2.24) is 15.3 Å². The van der Waals surface area contributed by atoms with E-state index in [1.165, 1.54) is 0 Å². The second kappa shape index (κ2) is 6.58. The van der Waals surface area contributed by atoms with Crippen LogP contribution in [0.5, 0.6) is 0 Å². The predicted octanol–water partition coefficient (Wildman–Crippen LogP) is 2.41. The summed E-state index contributed by atoms with van der Waals surface area (Å²) in [4.78, 5) is 12.9. The number of aromatic nitrogens is 2. The quantitative estimate of drug-likeness (QED) is 0.657. The molecule has 1 aliphatic rings. The molecule has 2 unspecified atom stereocenters. The number of hydrogen-bond donors (Lipinski definition) is 2. The predicted molar refractivity (Wildman–Crippen MR) is 90.7 cm³/mol. The van der Waals surface area contributed by atoms with Gasteiger partial charge in [0.1, 0.15) is 12.4 Å². The molecule has 0 saturated carbocycles. The van der Waals surface area contributed by atoms with E-state index in [4.69, 9.17) is 4.74 Å². The first-order valence-electron chi connectivity index (χ1n) is 7.49. The number of fused-ring (bicyclic) bond motifs is 1. The molecule has 6 nitrogen and oxygen atoms in total. The van der Waals surface area contributed by atoms with Gasteiger partial charge in [-0.15, -0.1) is 11.3 Å². The van der Waals surface area contributed by atoms with Gasteiger partial charge >= 0.3 is 0 Å². The van der Waals surface area contributed by atoms with E-state index in [0.29, 0.717) is 11.9 Å². The maximum atomic E-state index is 6.03. The second-order valence-corrected chi connectivity index (χ2v) is 6.48. The van der Waals surface area contributed by atoms with Gasteiger partial charge < -0.3 is 10.1 Å². The molecular formula is C15H21N5OS. The standard InChI is InChI=1S/C15H21N5OS/c1-9-4-5-17-6-11(9)21-15(16-3)20-14-13-12(18-8-19-14)10(2)7-22-13/h7-9,11,17H,4-6H2,1-3H3,(H,16,18,19,20). The molecule has 1 aliphatic heterocycles. The van der Waals surface area contributed by atoms with E-state index in [1.807, 2.05) is 0 Å². The third kappa shape index (κ3) is 3.05. The molecule has 2 atom stereocenters. The van der Waals surface area contributed by atoms with Crippen LogP contribution in [-0.2, 0) is 4.74 Å². The Bertz CT molecular complexity index is 684. The van der Waals surface area contributed by atoms with Gasteiger partial charge in [-0.25, -0.2) is 15.0 Å². The molecule has 0 aliphatic carbocycles. The molecule has 22 heavy (non-hydrogen) atoms. The average molecular weight is 319 g/mol. The first kappa shape index (κ1) is 15.2. The summed E-state index contributed by atoms with van der Waals surface area (Å²) in [6, 6.07) is 0.506. The largest absolute Gasteiger partial charge is 0.460 e. The molecule has 0 radical (unpaired) electrons.